The smallest absolute Gasteiger partial charge is 0.229 e. The molecule has 2 heterocycles. The fourth-order valence-corrected chi connectivity index (χ4v) is 2.78. The number of aliphatic hydroxyl groups excluding tert-OH is 1. The van der Waals surface area contributed by atoms with Crippen LogP contribution in [0.3, 0.4) is 0 Å². The van der Waals surface area contributed by atoms with E-state index in [1.54, 1.807) is 0 Å². The Bertz CT molecular complexity index is 441. The molecule has 16 heavy (non-hydrogen) atoms. The molecular weight excluding hydrogens is 202 g/mol. The van der Waals surface area contributed by atoms with E-state index in [9.17, 15) is 9.90 Å². The molecule has 3 rings (SSSR count). The summed E-state index contributed by atoms with van der Waals surface area (Å²) in [6, 6.07) is 5.98. The van der Waals surface area contributed by atoms with Gasteiger partial charge in [-0.05, 0) is 17.9 Å². The van der Waals surface area contributed by atoms with Crippen molar-refractivity contribution in [3.05, 3.63) is 29.3 Å². The zero-order valence-corrected chi connectivity index (χ0v) is 9.31. The summed E-state index contributed by atoms with van der Waals surface area (Å²) in [6.45, 7) is 2.97. The molecule has 1 aromatic carbocycles. The van der Waals surface area contributed by atoms with E-state index in [2.05, 4.69) is 13.0 Å². The maximum absolute atomic E-state index is 11.9. The van der Waals surface area contributed by atoms with Crippen LogP contribution in [0.5, 0.6) is 0 Å². The van der Waals surface area contributed by atoms with E-state index in [1.165, 1.54) is 5.56 Å². The summed E-state index contributed by atoms with van der Waals surface area (Å²) in [6.07, 6.45) is 0.618. The molecule has 0 bridgehead atoms. The average molecular weight is 217 g/mol. The summed E-state index contributed by atoms with van der Waals surface area (Å²) in [5.41, 5.74) is 3.10. The maximum Gasteiger partial charge on any atom is 0.229 e. The van der Waals surface area contributed by atoms with Crippen molar-refractivity contribution in [1.82, 2.24) is 0 Å². The van der Waals surface area contributed by atoms with Crippen LogP contribution in [0.15, 0.2) is 18.2 Å². The number of para-hydroxylation sites is 1. The van der Waals surface area contributed by atoms with E-state index in [0.717, 1.165) is 24.2 Å². The molecule has 0 saturated carbocycles. The summed E-state index contributed by atoms with van der Waals surface area (Å²) in [4.78, 5) is 13.7. The van der Waals surface area contributed by atoms with Gasteiger partial charge in [0.15, 0.2) is 0 Å². The molecule has 2 atom stereocenters. The van der Waals surface area contributed by atoms with Crippen LogP contribution in [0.25, 0.3) is 0 Å². The van der Waals surface area contributed by atoms with Crippen LogP contribution in [-0.2, 0) is 4.79 Å². The molecule has 0 saturated heterocycles. The van der Waals surface area contributed by atoms with Crippen molar-refractivity contribution in [2.75, 3.05) is 11.4 Å². The Hall–Kier alpha value is -1.35. The quantitative estimate of drug-likeness (QED) is 0.721. The number of nitrogens with zero attached hydrogens (tertiary/aromatic N) is 1. The summed E-state index contributed by atoms with van der Waals surface area (Å²) in [5, 5.41) is 9.93. The molecule has 0 spiro atoms. The Morgan fingerprint density at radius 2 is 2.12 bits per heavy atom. The number of carbonyl (C=O) groups excluding carboxylic acids is 1. The van der Waals surface area contributed by atoms with E-state index in [0.29, 0.717) is 5.92 Å². The fraction of sp³-hybridized carbons (Fsp3) is 0.462. The van der Waals surface area contributed by atoms with Gasteiger partial charge in [0.2, 0.25) is 5.91 Å². The Labute approximate surface area is 94.7 Å². The lowest BCUT2D eigenvalue weighted by molar-refractivity contribution is -0.121. The Morgan fingerprint density at radius 3 is 2.94 bits per heavy atom. The van der Waals surface area contributed by atoms with Crippen molar-refractivity contribution in [1.29, 1.82) is 0 Å². The third-order valence-corrected chi connectivity index (χ3v) is 3.71. The van der Waals surface area contributed by atoms with Crippen LogP contribution in [0.4, 0.5) is 5.69 Å². The monoisotopic (exact) mass is 217 g/mol. The molecule has 1 N–H and O–H groups in total. The molecule has 0 unspecified atom stereocenters. The normalized spacial score (nSPS) is 27.9. The Morgan fingerprint density at radius 1 is 1.38 bits per heavy atom. The highest BCUT2D eigenvalue weighted by Gasteiger charge is 2.35. The van der Waals surface area contributed by atoms with E-state index in [-0.39, 0.29) is 12.3 Å². The molecule has 3 nitrogen and oxygen atoms in total. The zero-order chi connectivity index (χ0) is 11.3. The third-order valence-electron chi connectivity index (χ3n) is 3.71. The van der Waals surface area contributed by atoms with Crippen molar-refractivity contribution < 1.29 is 9.90 Å². The molecular formula is C13H15NO2. The Kier molecular flexibility index (Phi) is 2.04. The lowest BCUT2D eigenvalue weighted by Gasteiger charge is -2.39. The van der Waals surface area contributed by atoms with Crippen LogP contribution >= 0.6 is 0 Å². The molecule has 2 aliphatic heterocycles. The highest BCUT2D eigenvalue weighted by atomic mass is 16.3. The standard InChI is InChI=1S/C13H15NO2/c1-8-5-6-14-12(16)7-11(15)10-4-2-3-9(8)13(10)14/h2-4,8,11,15H,5-7H2,1H3/t8-,11-/m1/s1. The molecule has 0 aliphatic carbocycles. The predicted molar refractivity (Wildman–Crippen MR) is 61.4 cm³/mol. The van der Waals surface area contributed by atoms with Gasteiger partial charge in [0.05, 0.1) is 18.2 Å². The molecule has 0 radical (unpaired) electrons. The van der Waals surface area contributed by atoms with Crippen molar-refractivity contribution in [2.45, 2.75) is 31.8 Å². The minimum absolute atomic E-state index is 0.0550. The second kappa shape index (κ2) is 3.32. The van der Waals surface area contributed by atoms with Crippen molar-refractivity contribution >= 4 is 11.6 Å². The molecule has 1 aromatic rings. The maximum atomic E-state index is 11.9. The van der Waals surface area contributed by atoms with Gasteiger partial charge in [0.1, 0.15) is 0 Å². The van der Waals surface area contributed by atoms with Crippen LogP contribution in [0.2, 0.25) is 0 Å². The minimum Gasteiger partial charge on any atom is -0.388 e. The number of benzene rings is 1. The van der Waals surface area contributed by atoms with Gasteiger partial charge in [-0.15, -0.1) is 0 Å². The van der Waals surface area contributed by atoms with Gasteiger partial charge in [-0.3, -0.25) is 4.79 Å². The first-order valence-corrected chi connectivity index (χ1v) is 5.79. The number of hydrogen-bond acceptors (Lipinski definition) is 2. The first-order chi connectivity index (χ1) is 7.68. The summed E-state index contributed by atoms with van der Waals surface area (Å²) in [7, 11) is 0. The zero-order valence-electron chi connectivity index (χ0n) is 9.31. The number of anilines is 1. The number of rotatable bonds is 0. The van der Waals surface area contributed by atoms with Gasteiger partial charge in [-0.25, -0.2) is 0 Å². The second-order valence-electron chi connectivity index (χ2n) is 4.74. The van der Waals surface area contributed by atoms with Crippen molar-refractivity contribution in [3.63, 3.8) is 0 Å². The first kappa shape index (κ1) is 9.85. The first-order valence-electron chi connectivity index (χ1n) is 5.79. The molecule has 84 valence electrons. The lowest BCUT2D eigenvalue weighted by atomic mass is 9.85. The van der Waals surface area contributed by atoms with Crippen molar-refractivity contribution in [3.8, 4) is 0 Å². The van der Waals surface area contributed by atoms with E-state index < -0.39 is 6.10 Å². The van der Waals surface area contributed by atoms with Gasteiger partial charge in [-0.2, -0.15) is 0 Å². The molecule has 0 fully saturated rings. The number of aliphatic hydroxyl groups is 1. The van der Waals surface area contributed by atoms with Crippen molar-refractivity contribution in [2.24, 2.45) is 0 Å². The summed E-state index contributed by atoms with van der Waals surface area (Å²) < 4.78 is 0. The van der Waals surface area contributed by atoms with Crippen LogP contribution < -0.4 is 4.90 Å². The van der Waals surface area contributed by atoms with Crippen LogP contribution in [-0.4, -0.2) is 17.6 Å². The SMILES string of the molecule is C[C@@H]1CCN2C(=O)C[C@@H](O)c3cccc1c32. The minimum atomic E-state index is -0.621. The van der Waals surface area contributed by atoms with E-state index >= 15 is 0 Å². The van der Waals surface area contributed by atoms with Gasteiger partial charge < -0.3 is 10.0 Å². The predicted octanol–water partition coefficient (Wildman–Crippen LogP) is 1.96. The number of amides is 1. The van der Waals surface area contributed by atoms with E-state index in [4.69, 9.17) is 0 Å². The molecule has 1 amide bonds. The molecule has 3 heteroatoms. The van der Waals surface area contributed by atoms with Gasteiger partial charge in [0.25, 0.3) is 0 Å². The van der Waals surface area contributed by atoms with Crippen LogP contribution in [0, 0.1) is 0 Å². The third kappa shape index (κ3) is 1.21. The summed E-state index contributed by atoms with van der Waals surface area (Å²) in [5.74, 6) is 0.531. The summed E-state index contributed by atoms with van der Waals surface area (Å²) >= 11 is 0. The van der Waals surface area contributed by atoms with E-state index in [1.807, 2.05) is 17.0 Å². The average Bonchev–Trinajstić information content (AvgIpc) is 2.27. The Balaban J connectivity index is 2.24. The highest BCUT2D eigenvalue weighted by Crippen LogP contribution is 2.43. The van der Waals surface area contributed by atoms with Gasteiger partial charge in [0, 0.05) is 12.1 Å². The van der Waals surface area contributed by atoms with Gasteiger partial charge in [-0.1, -0.05) is 25.1 Å². The van der Waals surface area contributed by atoms with Gasteiger partial charge >= 0.3 is 0 Å². The largest absolute Gasteiger partial charge is 0.388 e. The number of carbonyl (C=O) groups is 1. The molecule has 2 aliphatic rings. The fourth-order valence-electron chi connectivity index (χ4n) is 2.78. The van der Waals surface area contributed by atoms with Crippen LogP contribution in [0.1, 0.15) is 42.9 Å². The molecule has 0 aromatic heterocycles. The topological polar surface area (TPSA) is 40.5 Å². The number of hydrogen-bond donors (Lipinski definition) is 1. The lowest BCUT2D eigenvalue weighted by Crippen LogP contribution is -2.41. The highest BCUT2D eigenvalue weighted by molar-refractivity contribution is 5.98. The second-order valence-corrected chi connectivity index (χ2v) is 4.74.